The Balaban J connectivity index is 1.94. The van der Waals surface area contributed by atoms with Gasteiger partial charge in [0.1, 0.15) is 0 Å². The molecule has 0 atom stereocenters. The molecule has 22 heavy (non-hydrogen) atoms. The van der Waals surface area contributed by atoms with Crippen molar-refractivity contribution < 1.29 is 0 Å². The summed E-state index contributed by atoms with van der Waals surface area (Å²) in [7, 11) is 2.14. The molecule has 4 heteroatoms. The van der Waals surface area contributed by atoms with Gasteiger partial charge in [0.25, 0.3) is 0 Å². The minimum absolute atomic E-state index is 1.00. The maximum Gasteiger partial charge on any atom is 0.0992 e. The van der Waals surface area contributed by atoms with Gasteiger partial charge in [0.2, 0.25) is 0 Å². The molecule has 1 aliphatic heterocycles. The molecule has 1 aromatic carbocycles. The number of aromatic amines is 1. The number of fused-ring (bicyclic) bond motifs is 2. The number of aryl methyl sites for hydroxylation is 1. The van der Waals surface area contributed by atoms with Gasteiger partial charge in [-0.3, -0.25) is 10.00 Å². The highest BCUT2D eigenvalue weighted by molar-refractivity contribution is 5.97. The number of likely N-dealkylation sites (N-methyl/N-ethyl adjacent to an activating group) is 1. The van der Waals surface area contributed by atoms with Crippen LogP contribution in [-0.4, -0.2) is 32.8 Å². The summed E-state index contributed by atoms with van der Waals surface area (Å²) < 4.78 is 2.27. The fourth-order valence-electron chi connectivity index (χ4n) is 3.65. The maximum absolute atomic E-state index is 4.70. The molecular formula is C18H22N4. The Hall–Kier alpha value is -2.07. The zero-order chi connectivity index (χ0) is 15.3. The molecule has 0 amide bonds. The molecule has 0 bridgehead atoms. The highest BCUT2D eigenvalue weighted by Crippen LogP contribution is 2.36. The third-order valence-corrected chi connectivity index (χ3v) is 5.10. The fraction of sp³-hybridized carbons (Fsp3) is 0.389. The van der Waals surface area contributed by atoms with Crippen molar-refractivity contribution in [2.24, 2.45) is 7.05 Å². The third kappa shape index (κ3) is 1.83. The summed E-state index contributed by atoms with van der Waals surface area (Å²) in [5.74, 6) is 0. The number of para-hydroxylation sites is 1. The van der Waals surface area contributed by atoms with E-state index in [1.807, 2.05) is 0 Å². The lowest BCUT2D eigenvalue weighted by molar-refractivity contribution is 0.267. The van der Waals surface area contributed by atoms with Crippen LogP contribution in [-0.2, 0) is 20.0 Å². The second-order valence-electron chi connectivity index (χ2n) is 6.18. The molecule has 1 N–H and O–H groups in total. The van der Waals surface area contributed by atoms with Crippen molar-refractivity contribution >= 4 is 10.9 Å². The highest BCUT2D eigenvalue weighted by Gasteiger charge is 2.25. The summed E-state index contributed by atoms with van der Waals surface area (Å²) in [4.78, 5) is 2.49. The molecule has 0 aliphatic carbocycles. The van der Waals surface area contributed by atoms with Crippen LogP contribution < -0.4 is 0 Å². The molecule has 4 nitrogen and oxygen atoms in total. The van der Waals surface area contributed by atoms with Gasteiger partial charge in [-0.1, -0.05) is 25.1 Å². The van der Waals surface area contributed by atoms with Crippen LogP contribution in [0.25, 0.3) is 22.2 Å². The lowest BCUT2D eigenvalue weighted by Gasteiger charge is -2.25. The van der Waals surface area contributed by atoms with Crippen LogP contribution in [0.1, 0.15) is 23.9 Å². The van der Waals surface area contributed by atoms with Gasteiger partial charge >= 0.3 is 0 Å². The molecule has 0 spiro atoms. The van der Waals surface area contributed by atoms with Crippen LogP contribution in [0.3, 0.4) is 0 Å². The van der Waals surface area contributed by atoms with E-state index in [4.69, 9.17) is 5.10 Å². The van der Waals surface area contributed by atoms with E-state index in [1.54, 1.807) is 0 Å². The second-order valence-corrected chi connectivity index (χ2v) is 6.18. The van der Waals surface area contributed by atoms with Crippen LogP contribution in [0.4, 0.5) is 0 Å². The zero-order valence-electron chi connectivity index (χ0n) is 13.5. The predicted molar refractivity (Wildman–Crippen MR) is 89.9 cm³/mol. The molecule has 0 saturated heterocycles. The topological polar surface area (TPSA) is 36.9 Å². The molecule has 0 saturated carbocycles. The Morgan fingerprint density at radius 1 is 1.27 bits per heavy atom. The third-order valence-electron chi connectivity index (χ3n) is 5.10. The molecule has 3 heterocycles. The first-order chi connectivity index (χ1) is 10.7. The molecule has 0 unspecified atom stereocenters. The molecule has 114 valence electrons. The second kappa shape index (κ2) is 4.99. The molecule has 1 aliphatic rings. The number of rotatable bonds is 2. The van der Waals surface area contributed by atoms with Crippen molar-refractivity contribution in [3.63, 3.8) is 0 Å². The van der Waals surface area contributed by atoms with Gasteiger partial charge in [-0.15, -0.1) is 0 Å². The molecule has 2 aromatic heterocycles. The summed E-state index contributed by atoms with van der Waals surface area (Å²) >= 11 is 0. The van der Waals surface area contributed by atoms with Crippen LogP contribution >= 0.6 is 0 Å². The van der Waals surface area contributed by atoms with E-state index >= 15 is 0 Å². The lowest BCUT2D eigenvalue weighted by atomic mass is 9.99. The number of aromatic nitrogens is 3. The summed E-state index contributed by atoms with van der Waals surface area (Å²) in [6, 6.07) is 8.61. The Bertz CT molecular complexity index is 840. The number of nitrogens with zero attached hydrogens (tertiary/aromatic N) is 3. The van der Waals surface area contributed by atoms with E-state index in [0.29, 0.717) is 0 Å². The summed E-state index contributed by atoms with van der Waals surface area (Å²) in [6.45, 7) is 7.64. The molecular weight excluding hydrogens is 272 g/mol. The van der Waals surface area contributed by atoms with Crippen LogP contribution in [0.2, 0.25) is 0 Å². The minimum Gasteiger partial charge on any atom is -0.347 e. The standard InChI is InChI=1S/C18H22N4/c1-4-22-10-9-15-14(11-22)18(20-19-15)17-12(2)21(3)16-8-6-5-7-13(16)17/h5-8H,4,9-11H2,1-3H3,(H,19,20). The number of nitrogens with one attached hydrogen (secondary N) is 1. The quantitative estimate of drug-likeness (QED) is 0.787. The van der Waals surface area contributed by atoms with Crippen molar-refractivity contribution in [2.45, 2.75) is 26.8 Å². The van der Waals surface area contributed by atoms with Crippen LogP contribution in [0, 0.1) is 6.92 Å². The average Bonchev–Trinajstić information content (AvgIpc) is 3.07. The van der Waals surface area contributed by atoms with E-state index in [0.717, 1.165) is 31.7 Å². The number of H-pyrrole nitrogens is 1. The van der Waals surface area contributed by atoms with Crippen molar-refractivity contribution in [2.75, 3.05) is 13.1 Å². The van der Waals surface area contributed by atoms with E-state index in [1.165, 1.54) is 33.4 Å². The maximum atomic E-state index is 4.70. The van der Waals surface area contributed by atoms with Crippen LogP contribution in [0.5, 0.6) is 0 Å². The fourth-order valence-corrected chi connectivity index (χ4v) is 3.65. The van der Waals surface area contributed by atoms with Gasteiger partial charge in [0.15, 0.2) is 0 Å². The summed E-state index contributed by atoms with van der Waals surface area (Å²) in [5.41, 5.74) is 7.68. The number of hydrogen-bond acceptors (Lipinski definition) is 2. The Labute approximate surface area is 130 Å². The predicted octanol–water partition coefficient (Wildman–Crippen LogP) is 3.25. The molecule has 0 radical (unpaired) electrons. The van der Waals surface area contributed by atoms with Gasteiger partial charge in [0, 0.05) is 60.0 Å². The van der Waals surface area contributed by atoms with Gasteiger partial charge in [-0.25, -0.2) is 0 Å². The SMILES string of the molecule is CCN1CCc2[nH]nc(-c3c(C)n(C)c4ccccc34)c2C1. The van der Waals surface area contributed by atoms with Crippen LogP contribution in [0.15, 0.2) is 24.3 Å². The lowest BCUT2D eigenvalue weighted by Crippen LogP contribution is -2.30. The first-order valence-corrected chi connectivity index (χ1v) is 8.03. The van der Waals surface area contributed by atoms with Gasteiger partial charge < -0.3 is 4.57 Å². The first-order valence-electron chi connectivity index (χ1n) is 8.03. The zero-order valence-corrected chi connectivity index (χ0v) is 13.5. The van der Waals surface area contributed by atoms with Crippen molar-refractivity contribution in [1.29, 1.82) is 0 Å². The van der Waals surface area contributed by atoms with Gasteiger partial charge in [-0.05, 0) is 19.5 Å². The van der Waals surface area contributed by atoms with Crippen molar-refractivity contribution in [1.82, 2.24) is 19.7 Å². The Kier molecular flexibility index (Phi) is 3.08. The molecule has 0 fully saturated rings. The summed E-state index contributed by atoms with van der Waals surface area (Å²) in [6.07, 6.45) is 1.07. The Morgan fingerprint density at radius 2 is 2.09 bits per heavy atom. The van der Waals surface area contributed by atoms with E-state index in [2.05, 4.69) is 59.7 Å². The smallest absolute Gasteiger partial charge is 0.0992 e. The van der Waals surface area contributed by atoms with Crippen molar-refractivity contribution in [3.8, 4) is 11.3 Å². The normalized spacial score (nSPS) is 15.4. The van der Waals surface area contributed by atoms with E-state index in [-0.39, 0.29) is 0 Å². The largest absolute Gasteiger partial charge is 0.347 e. The Morgan fingerprint density at radius 3 is 2.91 bits per heavy atom. The highest BCUT2D eigenvalue weighted by atomic mass is 15.2. The summed E-state index contributed by atoms with van der Waals surface area (Å²) in [5, 5.41) is 9.28. The monoisotopic (exact) mass is 294 g/mol. The number of benzene rings is 1. The van der Waals surface area contributed by atoms with Crippen molar-refractivity contribution in [3.05, 3.63) is 41.2 Å². The number of hydrogen-bond donors (Lipinski definition) is 1. The van der Waals surface area contributed by atoms with Gasteiger partial charge in [-0.2, -0.15) is 5.10 Å². The van der Waals surface area contributed by atoms with Gasteiger partial charge in [0.05, 0.1) is 5.69 Å². The first kappa shape index (κ1) is 13.6. The molecule has 4 rings (SSSR count). The van der Waals surface area contributed by atoms with E-state index < -0.39 is 0 Å². The average molecular weight is 294 g/mol. The van der Waals surface area contributed by atoms with E-state index in [9.17, 15) is 0 Å². The molecule has 3 aromatic rings. The minimum atomic E-state index is 1.00.